The van der Waals surface area contributed by atoms with Crippen LogP contribution in [0.5, 0.6) is 0 Å². The van der Waals surface area contributed by atoms with Crippen LogP contribution in [0.15, 0.2) is 59.3 Å². The molecule has 0 radical (unpaired) electrons. The van der Waals surface area contributed by atoms with E-state index in [1.807, 2.05) is 59.3 Å². The first-order valence-corrected chi connectivity index (χ1v) is 5.38. The Labute approximate surface area is 98.3 Å². The number of nitrogens with one attached hydrogen (secondary N) is 1. The highest BCUT2D eigenvalue weighted by Gasteiger charge is 1.75. The number of urea groups is 1. The van der Waals surface area contributed by atoms with E-state index in [2.05, 4.69) is 5.73 Å². The van der Waals surface area contributed by atoms with Crippen LogP contribution in [0, 0.1) is 0 Å². The Morgan fingerprint density at radius 3 is 1.38 bits per heavy atom. The molecular weight excluding hydrogens is 224 g/mol. The maximum atomic E-state index is 9.23. The number of nitrogens with two attached hydrogens (primary N) is 1. The van der Waals surface area contributed by atoms with Gasteiger partial charge in [0.15, 0.2) is 0 Å². The molecule has 4 N–H and O–H groups in total. The number of amides is 2. The lowest BCUT2D eigenvalue weighted by molar-refractivity contribution is 0.169. The average molecular weight is 238 g/mol. The molecule has 1 aromatic carbocycles. The fraction of sp³-hybridized carbons (Fsp3) is 0. The Morgan fingerprint density at radius 2 is 1.25 bits per heavy atom. The number of rotatable bonds is 0. The van der Waals surface area contributed by atoms with E-state index < -0.39 is 6.03 Å². The van der Waals surface area contributed by atoms with Crippen LogP contribution in [0.2, 0.25) is 0 Å². The minimum absolute atomic E-state index is 0.940. The second-order valence-corrected chi connectivity index (χ2v) is 3.24. The van der Waals surface area contributed by atoms with Gasteiger partial charge in [-0.3, -0.25) is 5.21 Å². The van der Waals surface area contributed by atoms with E-state index in [0.717, 1.165) is 0 Å². The Bertz CT molecular complexity index is 294. The van der Waals surface area contributed by atoms with E-state index in [9.17, 15) is 4.79 Å². The second-order valence-electron chi connectivity index (χ2n) is 2.42. The second kappa shape index (κ2) is 11.2. The molecule has 0 saturated carbocycles. The van der Waals surface area contributed by atoms with Crippen molar-refractivity contribution in [3.05, 3.63) is 59.3 Å². The van der Waals surface area contributed by atoms with E-state index >= 15 is 0 Å². The molecule has 1 aromatic heterocycles. The van der Waals surface area contributed by atoms with Crippen molar-refractivity contribution in [3.8, 4) is 0 Å². The van der Waals surface area contributed by atoms with Crippen LogP contribution in [0.1, 0.15) is 0 Å². The summed E-state index contributed by atoms with van der Waals surface area (Å²) in [5, 5.41) is 11.5. The summed E-state index contributed by atoms with van der Waals surface area (Å²) < 4.78 is 0. The molecule has 2 aromatic rings. The molecule has 0 aliphatic heterocycles. The number of hydrogen-bond donors (Lipinski definition) is 3. The monoisotopic (exact) mass is 238 g/mol. The lowest BCUT2D eigenvalue weighted by Gasteiger charge is -1.79. The fourth-order valence-electron chi connectivity index (χ4n) is 0.612. The summed E-state index contributed by atoms with van der Waals surface area (Å²) in [5.41, 5.74) is 5.46. The number of carbonyl (C=O) groups is 1. The van der Waals surface area contributed by atoms with Crippen LogP contribution < -0.4 is 11.2 Å². The summed E-state index contributed by atoms with van der Waals surface area (Å²) >= 11 is 1.71. The largest absolute Gasteiger partial charge is 0.350 e. The Morgan fingerprint density at radius 1 is 0.938 bits per heavy atom. The van der Waals surface area contributed by atoms with Crippen molar-refractivity contribution in [1.82, 2.24) is 5.48 Å². The highest BCUT2D eigenvalue weighted by molar-refractivity contribution is 7.07. The van der Waals surface area contributed by atoms with Gasteiger partial charge in [0, 0.05) is 0 Å². The van der Waals surface area contributed by atoms with Gasteiger partial charge in [-0.25, -0.2) is 10.3 Å². The smallest absolute Gasteiger partial charge is 0.335 e. The molecule has 86 valence electrons. The van der Waals surface area contributed by atoms with Gasteiger partial charge in [0.25, 0.3) is 0 Å². The van der Waals surface area contributed by atoms with Crippen molar-refractivity contribution in [3.63, 3.8) is 0 Å². The minimum Gasteiger partial charge on any atom is -0.350 e. The molecule has 0 unspecified atom stereocenters. The van der Waals surface area contributed by atoms with Crippen molar-refractivity contribution < 1.29 is 10.0 Å². The molecule has 0 fully saturated rings. The van der Waals surface area contributed by atoms with Crippen molar-refractivity contribution in [2.24, 2.45) is 5.73 Å². The van der Waals surface area contributed by atoms with Crippen molar-refractivity contribution >= 4 is 17.4 Å². The predicted octanol–water partition coefficient (Wildman–Crippen LogP) is 2.48. The molecule has 16 heavy (non-hydrogen) atoms. The van der Waals surface area contributed by atoms with Gasteiger partial charge >= 0.3 is 6.03 Å². The van der Waals surface area contributed by atoms with Crippen molar-refractivity contribution in [1.29, 1.82) is 0 Å². The molecule has 4 nitrogen and oxygen atoms in total. The summed E-state index contributed by atoms with van der Waals surface area (Å²) in [5.74, 6) is 0. The van der Waals surface area contributed by atoms with Gasteiger partial charge in [0.1, 0.15) is 0 Å². The van der Waals surface area contributed by atoms with Crippen LogP contribution in [0.25, 0.3) is 0 Å². The molecule has 0 bridgehead atoms. The number of benzene rings is 1. The third-order valence-corrected chi connectivity index (χ3v) is 1.83. The van der Waals surface area contributed by atoms with Crippen LogP contribution >= 0.6 is 11.3 Å². The van der Waals surface area contributed by atoms with Crippen LogP contribution in [-0.2, 0) is 0 Å². The van der Waals surface area contributed by atoms with Crippen molar-refractivity contribution in [2.75, 3.05) is 0 Å². The molecule has 0 spiro atoms. The van der Waals surface area contributed by atoms with Gasteiger partial charge in [0.2, 0.25) is 0 Å². The predicted molar refractivity (Wildman–Crippen MR) is 65.3 cm³/mol. The molecule has 0 saturated heterocycles. The van der Waals surface area contributed by atoms with E-state index in [1.165, 1.54) is 5.48 Å². The third kappa shape index (κ3) is 12.2. The Kier molecular flexibility index (Phi) is 9.93. The zero-order chi connectivity index (χ0) is 12.1. The summed E-state index contributed by atoms with van der Waals surface area (Å²) in [7, 11) is 0. The maximum Gasteiger partial charge on any atom is 0.335 e. The summed E-state index contributed by atoms with van der Waals surface area (Å²) in [4.78, 5) is 9.23. The standard InChI is InChI=1S/C6H6.C4H4S.CH4N2O2/c1-2-4-6-5-3-1;1-2-4-5-3-1;2-1(4)3-5/h1-6H;1-4H;5H,(H3,2,3,4). The average Bonchev–Trinajstić information content (AvgIpc) is 2.91. The number of hydrogen-bond acceptors (Lipinski definition) is 3. The number of primary amides is 1. The highest BCUT2D eigenvalue weighted by Crippen LogP contribution is 1.91. The van der Waals surface area contributed by atoms with E-state index in [0.29, 0.717) is 0 Å². The first kappa shape index (κ1) is 14.2. The quantitative estimate of drug-likeness (QED) is 0.487. The fourth-order valence-corrected chi connectivity index (χ4v) is 1.07. The van der Waals surface area contributed by atoms with Gasteiger partial charge in [0.05, 0.1) is 0 Å². The van der Waals surface area contributed by atoms with Gasteiger partial charge in [-0.2, -0.15) is 11.3 Å². The molecule has 0 aliphatic carbocycles. The first-order chi connectivity index (χ1) is 7.77. The number of thiophene rings is 1. The molecule has 5 heteroatoms. The lowest BCUT2D eigenvalue weighted by Crippen LogP contribution is -2.25. The molecular formula is C11H14N2O2S. The highest BCUT2D eigenvalue weighted by atomic mass is 32.1. The van der Waals surface area contributed by atoms with Gasteiger partial charge in [-0.15, -0.1) is 0 Å². The third-order valence-electron chi connectivity index (χ3n) is 1.20. The van der Waals surface area contributed by atoms with Crippen molar-refractivity contribution in [2.45, 2.75) is 0 Å². The molecule has 2 rings (SSSR count). The lowest BCUT2D eigenvalue weighted by atomic mass is 10.4. The normalized spacial score (nSPS) is 7.56. The van der Waals surface area contributed by atoms with E-state index in [1.54, 1.807) is 11.3 Å². The van der Waals surface area contributed by atoms with E-state index in [-0.39, 0.29) is 0 Å². The van der Waals surface area contributed by atoms with Crippen LogP contribution in [0.4, 0.5) is 4.79 Å². The zero-order valence-corrected chi connectivity index (χ0v) is 9.43. The molecule has 0 aliphatic rings. The maximum absolute atomic E-state index is 9.23. The summed E-state index contributed by atoms with van der Waals surface area (Å²) in [6.07, 6.45) is 0. The van der Waals surface area contributed by atoms with Gasteiger partial charge in [-0.05, 0) is 10.8 Å². The number of carbonyl (C=O) groups excluding carboxylic acids is 1. The Hall–Kier alpha value is -1.85. The Balaban J connectivity index is 0.000000213. The molecule has 2 amide bonds. The summed E-state index contributed by atoms with van der Waals surface area (Å²) in [6.45, 7) is 0. The van der Waals surface area contributed by atoms with E-state index in [4.69, 9.17) is 5.21 Å². The van der Waals surface area contributed by atoms with Gasteiger partial charge in [-0.1, -0.05) is 48.5 Å². The topological polar surface area (TPSA) is 75.4 Å². The van der Waals surface area contributed by atoms with Crippen LogP contribution in [0.3, 0.4) is 0 Å². The summed E-state index contributed by atoms with van der Waals surface area (Å²) in [6, 6.07) is 15.1. The molecule has 0 atom stereocenters. The molecule has 1 heterocycles. The first-order valence-electron chi connectivity index (χ1n) is 4.44. The zero-order valence-electron chi connectivity index (χ0n) is 8.61. The number of hydroxylamine groups is 1. The van der Waals surface area contributed by atoms with Gasteiger partial charge < -0.3 is 5.73 Å². The van der Waals surface area contributed by atoms with Crippen LogP contribution in [-0.4, -0.2) is 11.2 Å². The minimum atomic E-state index is -0.940. The SMILES string of the molecule is NC(=O)NO.c1ccccc1.c1ccsc1.